The number of nitrogens with one attached hydrogen (secondary N) is 1. The third-order valence-corrected chi connectivity index (χ3v) is 5.24. The average Bonchev–Trinajstić information content (AvgIpc) is 2.64. The van der Waals surface area contributed by atoms with Gasteiger partial charge in [0.25, 0.3) is 0 Å². The Bertz CT molecular complexity index is 785. The second-order valence-electron chi connectivity index (χ2n) is 5.68. The number of hydrogen-bond acceptors (Lipinski definition) is 3. The fourth-order valence-corrected chi connectivity index (χ4v) is 3.27. The summed E-state index contributed by atoms with van der Waals surface area (Å²) in [4.78, 5) is 3.35. The van der Waals surface area contributed by atoms with Crippen LogP contribution in [0.3, 0.4) is 0 Å². The van der Waals surface area contributed by atoms with E-state index in [-0.39, 0.29) is 0 Å². The van der Waals surface area contributed by atoms with Gasteiger partial charge in [-0.25, -0.2) is 8.42 Å². The van der Waals surface area contributed by atoms with Crippen LogP contribution >= 0.6 is 12.2 Å². The molecule has 6 heteroatoms. The lowest BCUT2D eigenvalue weighted by atomic mass is 9.98. The van der Waals surface area contributed by atoms with Crippen molar-refractivity contribution < 1.29 is 8.42 Å². The van der Waals surface area contributed by atoms with Crippen molar-refractivity contribution in [3.05, 3.63) is 23.0 Å². The molecule has 0 aliphatic rings. The van der Waals surface area contributed by atoms with Gasteiger partial charge in [-0.05, 0) is 36.2 Å². The van der Waals surface area contributed by atoms with Gasteiger partial charge in [0.1, 0.15) is 0 Å². The van der Waals surface area contributed by atoms with E-state index >= 15 is 0 Å². The summed E-state index contributed by atoms with van der Waals surface area (Å²) in [5, 5.41) is 0. The number of benzene rings is 1. The SMILES string of the molecule is CC(C)C(C)Cn1c(=S)[nH]c2c(S(C)(=O)=O)cccc21. The molecule has 0 saturated carbocycles. The number of hydrogen-bond donors (Lipinski definition) is 1. The van der Waals surface area contributed by atoms with Gasteiger partial charge in [-0.1, -0.05) is 26.8 Å². The summed E-state index contributed by atoms with van der Waals surface area (Å²) in [6.07, 6.45) is 1.22. The monoisotopic (exact) mass is 312 g/mol. The summed E-state index contributed by atoms with van der Waals surface area (Å²) in [6, 6.07) is 5.28. The number of rotatable bonds is 4. The van der Waals surface area contributed by atoms with E-state index in [0.717, 1.165) is 12.1 Å². The van der Waals surface area contributed by atoms with Gasteiger partial charge in [-0.3, -0.25) is 0 Å². The molecule has 20 heavy (non-hydrogen) atoms. The van der Waals surface area contributed by atoms with Crippen molar-refractivity contribution in [2.75, 3.05) is 6.26 Å². The number of nitrogens with zero attached hydrogens (tertiary/aromatic N) is 1. The van der Waals surface area contributed by atoms with Gasteiger partial charge in [-0.15, -0.1) is 0 Å². The van der Waals surface area contributed by atoms with Crippen LogP contribution < -0.4 is 0 Å². The van der Waals surface area contributed by atoms with Gasteiger partial charge < -0.3 is 9.55 Å². The number of H-pyrrole nitrogens is 1. The molecule has 0 bridgehead atoms. The highest BCUT2D eigenvalue weighted by atomic mass is 32.2. The Balaban J connectivity index is 2.65. The van der Waals surface area contributed by atoms with Crippen LogP contribution in [-0.2, 0) is 16.4 Å². The van der Waals surface area contributed by atoms with E-state index in [1.165, 1.54) is 6.26 Å². The molecule has 0 radical (unpaired) electrons. The molecule has 4 nitrogen and oxygen atoms in total. The summed E-state index contributed by atoms with van der Waals surface area (Å²) in [5.74, 6) is 1.00. The average molecular weight is 312 g/mol. The molecule has 2 aromatic rings. The lowest BCUT2D eigenvalue weighted by Crippen LogP contribution is -2.13. The maximum Gasteiger partial charge on any atom is 0.178 e. The fraction of sp³-hybridized carbons (Fsp3) is 0.500. The molecule has 0 fully saturated rings. The molecule has 0 spiro atoms. The summed E-state index contributed by atoms with van der Waals surface area (Å²) >= 11 is 5.35. The minimum atomic E-state index is -3.27. The topological polar surface area (TPSA) is 54.9 Å². The van der Waals surface area contributed by atoms with Crippen LogP contribution in [0.1, 0.15) is 20.8 Å². The molecule has 1 atom stereocenters. The van der Waals surface area contributed by atoms with Crippen LogP contribution in [0.5, 0.6) is 0 Å². The first-order chi connectivity index (χ1) is 9.21. The zero-order valence-electron chi connectivity index (χ0n) is 12.2. The Labute approximate surface area is 124 Å². The van der Waals surface area contributed by atoms with Crippen LogP contribution in [0.4, 0.5) is 0 Å². The number of para-hydroxylation sites is 1. The van der Waals surface area contributed by atoms with E-state index < -0.39 is 9.84 Å². The van der Waals surface area contributed by atoms with Crippen molar-refractivity contribution in [3.8, 4) is 0 Å². The van der Waals surface area contributed by atoms with Crippen molar-refractivity contribution >= 4 is 33.1 Å². The van der Waals surface area contributed by atoms with E-state index in [1.54, 1.807) is 12.1 Å². The summed E-state index contributed by atoms with van der Waals surface area (Å²) in [7, 11) is -3.27. The van der Waals surface area contributed by atoms with Crippen LogP contribution in [-0.4, -0.2) is 24.2 Å². The molecule has 1 N–H and O–H groups in total. The highest BCUT2D eigenvalue weighted by Gasteiger charge is 2.17. The van der Waals surface area contributed by atoms with Crippen molar-refractivity contribution in [2.24, 2.45) is 11.8 Å². The Morgan fingerprint density at radius 3 is 2.50 bits per heavy atom. The fourth-order valence-electron chi connectivity index (χ4n) is 2.14. The van der Waals surface area contributed by atoms with Gasteiger partial charge in [0, 0.05) is 12.8 Å². The Kier molecular flexibility index (Phi) is 4.07. The Morgan fingerprint density at radius 1 is 1.30 bits per heavy atom. The molecule has 1 aromatic carbocycles. The number of imidazole rings is 1. The van der Waals surface area contributed by atoms with Gasteiger partial charge >= 0.3 is 0 Å². The first-order valence-corrected chi connectivity index (χ1v) is 8.93. The Hall–Kier alpha value is -1.14. The molecule has 1 aromatic heterocycles. The molecule has 0 aliphatic heterocycles. The quantitative estimate of drug-likeness (QED) is 0.880. The van der Waals surface area contributed by atoms with Gasteiger partial charge in [-0.2, -0.15) is 0 Å². The van der Waals surface area contributed by atoms with E-state index in [0.29, 0.717) is 27.0 Å². The van der Waals surface area contributed by atoms with Crippen LogP contribution in [0.25, 0.3) is 11.0 Å². The lowest BCUT2D eigenvalue weighted by molar-refractivity contribution is 0.367. The maximum absolute atomic E-state index is 11.8. The molecular weight excluding hydrogens is 292 g/mol. The summed E-state index contributed by atoms with van der Waals surface area (Å²) in [6.45, 7) is 7.30. The first kappa shape index (κ1) is 15.3. The third kappa shape index (κ3) is 2.81. The standard InChI is InChI=1S/C14H20N2O2S2/c1-9(2)10(3)8-16-11-6-5-7-12(20(4,17)18)13(11)15-14(16)19/h5-7,9-10H,8H2,1-4H3,(H,15,19). The molecule has 2 rings (SSSR count). The van der Waals surface area contributed by atoms with Crippen molar-refractivity contribution in [1.82, 2.24) is 9.55 Å². The second-order valence-corrected chi connectivity index (χ2v) is 8.06. The van der Waals surface area contributed by atoms with Crippen molar-refractivity contribution in [1.29, 1.82) is 0 Å². The predicted octanol–water partition coefficient (Wildman–Crippen LogP) is 3.39. The highest BCUT2D eigenvalue weighted by Crippen LogP contribution is 2.24. The smallest absolute Gasteiger partial charge is 0.178 e. The van der Waals surface area contributed by atoms with Crippen LogP contribution in [0.15, 0.2) is 23.1 Å². The highest BCUT2D eigenvalue weighted by molar-refractivity contribution is 7.91. The molecular formula is C14H20N2O2S2. The first-order valence-electron chi connectivity index (χ1n) is 6.63. The second kappa shape index (κ2) is 5.33. The number of sulfone groups is 1. The molecule has 1 unspecified atom stereocenters. The number of fused-ring (bicyclic) bond motifs is 1. The van der Waals surface area contributed by atoms with Crippen molar-refractivity contribution in [3.63, 3.8) is 0 Å². The minimum absolute atomic E-state index is 0.303. The normalized spacial score (nSPS) is 14.1. The third-order valence-electron chi connectivity index (χ3n) is 3.78. The largest absolute Gasteiger partial charge is 0.329 e. The molecule has 0 saturated heterocycles. The Morgan fingerprint density at radius 2 is 1.95 bits per heavy atom. The van der Waals surface area contributed by atoms with E-state index in [1.807, 2.05) is 10.6 Å². The maximum atomic E-state index is 11.8. The number of aromatic nitrogens is 2. The predicted molar refractivity (Wildman–Crippen MR) is 84.2 cm³/mol. The molecule has 0 amide bonds. The van der Waals surface area contributed by atoms with E-state index in [4.69, 9.17) is 12.2 Å². The summed E-state index contributed by atoms with van der Waals surface area (Å²) in [5.41, 5.74) is 1.46. The van der Waals surface area contributed by atoms with Gasteiger partial charge in [0.15, 0.2) is 14.6 Å². The molecule has 1 heterocycles. The van der Waals surface area contributed by atoms with E-state index in [2.05, 4.69) is 25.8 Å². The van der Waals surface area contributed by atoms with Crippen LogP contribution in [0, 0.1) is 16.6 Å². The van der Waals surface area contributed by atoms with Crippen LogP contribution in [0.2, 0.25) is 0 Å². The van der Waals surface area contributed by atoms with Crippen molar-refractivity contribution in [2.45, 2.75) is 32.2 Å². The minimum Gasteiger partial charge on any atom is -0.329 e. The van der Waals surface area contributed by atoms with E-state index in [9.17, 15) is 8.42 Å². The van der Waals surface area contributed by atoms with Gasteiger partial charge in [0.05, 0.1) is 15.9 Å². The molecule has 0 aliphatic carbocycles. The zero-order valence-corrected chi connectivity index (χ0v) is 13.8. The lowest BCUT2D eigenvalue weighted by Gasteiger charge is -2.16. The van der Waals surface area contributed by atoms with Gasteiger partial charge in [0.2, 0.25) is 0 Å². The summed E-state index contributed by atoms with van der Waals surface area (Å²) < 4.78 is 26.2. The molecule has 110 valence electrons. The zero-order chi connectivity index (χ0) is 15.1. The number of aromatic amines is 1.